The quantitative estimate of drug-likeness (QED) is 0.501. The van der Waals surface area contributed by atoms with Crippen molar-refractivity contribution in [2.75, 3.05) is 6.61 Å². The highest BCUT2D eigenvalue weighted by Gasteiger charge is 2.30. The average Bonchev–Trinajstić information content (AvgIpc) is 2.54. The number of allylic oxidation sites excluding steroid dienone is 1. The van der Waals surface area contributed by atoms with Crippen LogP contribution in [-0.4, -0.2) is 12.6 Å². The lowest BCUT2D eigenvalue weighted by Crippen LogP contribution is -2.25. The van der Waals surface area contributed by atoms with E-state index in [0.717, 1.165) is 30.1 Å². The summed E-state index contributed by atoms with van der Waals surface area (Å²) in [5.41, 5.74) is 0. The highest BCUT2D eigenvalue weighted by Crippen LogP contribution is 2.42. The van der Waals surface area contributed by atoms with Gasteiger partial charge in [0.15, 0.2) is 0 Å². The maximum absolute atomic E-state index is 11.4. The van der Waals surface area contributed by atoms with E-state index in [0.29, 0.717) is 13.0 Å². The van der Waals surface area contributed by atoms with Gasteiger partial charge in [-0.2, -0.15) is 0 Å². The molecule has 0 atom stereocenters. The fourth-order valence-electron chi connectivity index (χ4n) is 4.36. The van der Waals surface area contributed by atoms with Crippen LogP contribution in [0.25, 0.3) is 0 Å². The molecule has 2 saturated carbocycles. The molecule has 2 fully saturated rings. The Morgan fingerprint density at radius 1 is 1.05 bits per heavy atom. The first kappa shape index (κ1) is 16.6. The van der Waals surface area contributed by atoms with Gasteiger partial charge >= 0.3 is 5.97 Å². The first-order valence-corrected chi connectivity index (χ1v) is 9.01. The lowest BCUT2D eigenvalue weighted by Gasteiger charge is -2.37. The summed E-state index contributed by atoms with van der Waals surface area (Å²) >= 11 is 0. The number of hydrogen-bond acceptors (Lipinski definition) is 2. The summed E-state index contributed by atoms with van der Waals surface area (Å²) in [7, 11) is 0. The van der Waals surface area contributed by atoms with Gasteiger partial charge in [-0.05, 0) is 75.5 Å². The highest BCUT2D eigenvalue weighted by atomic mass is 16.5. The van der Waals surface area contributed by atoms with Gasteiger partial charge in [-0.15, -0.1) is 6.58 Å². The molecule has 2 aliphatic carbocycles. The number of rotatable bonds is 6. The van der Waals surface area contributed by atoms with Gasteiger partial charge in [-0.3, -0.25) is 4.79 Å². The molecule has 0 saturated heterocycles. The molecule has 0 spiro atoms. The van der Waals surface area contributed by atoms with Crippen molar-refractivity contribution in [1.29, 1.82) is 0 Å². The molecule has 21 heavy (non-hydrogen) atoms. The van der Waals surface area contributed by atoms with Gasteiger partial charge in [0.25, 0.3) is 0 Å². The van der Waals surface area contributed by atoms with E-state index in [-0.39, 0.29) is 5.97 Å². The van der Waals surface area contributed by atoms with Gasteiger partial charge in [0.1, 0.15) is 0 Å². The lowest BCUT2D eigenvalue weighted by molar-refractivity contribution is -0.143. The molecule has 0 bridgehead atoms. The van der Waals surface area contributed by atoms with Crippen LogP contribution in [0, 0.1) is 23.7 Å². The van der Waals surface area contributed by atoms with Crippen molar-refractivity contribution in [3.8, 4) is 0 Å². The topological polar surface area (TPSA) is 26.3 Å². The smallest absolute Gasteiger partial charge is 0.305 e. The van der Waals surface area contributed by atoms with E-state index in [9.17, 15) is 4.79 Å². The van der Waals surface area contributed by atoms with Crippen molar-refractivity contribution in [2.45, 2.75) is 71.1 Å². The summed E-state index contributed by atoms with van der Waals surface area (Å²) in [5.74, 6) is 3.45. The Hall–Kier alpha value is -0.790. The number of esters is 1. The third kappa shape index (κ3) is 5.16. The Labute approximate surface area is 130 Å². The molecule has 0 amide bonds. The standard InChI is InChI=1S/C19H32O2/c1-3-15-5-10-17(11-6-15)18-12-7-16(8-13-18)9-14-19(20)21-4-2/h3,15-18H,1,4-14H2,2H3. The van der Waals surface area contributed by atoms with Crippen LogP contribution in [-0.2, 0) is 9.53 Å². The zero-order valence-electron chi connectivity index (χ0n) is 13.7. The van der Waals surface area contributed by atoms with Crippen LogP contribution in [0.15, 0.2) is 12.7 Å². The second kappa shape index (κ2) is 8.60. The average molecular weight is 292 g/mol. The van der Waals surface area contributed by atoms with Crippen LogP contribution in [0.4, 0.5) is 0 Å². The molecule has 0 aromatic carbocycles. The second-order valence-electron chi connectivity index (χ2n) is 7.04. The second-order valence-corrected chi connectivity index (χ2v) is 7.04. The third-order valence-corrected chi connectivity index (χ3v) is 5.77. The predicted octanol–water partition coefficient (Wildman–Crippen LogP) is 5.13. The van der Waals surface area contributed by atoms with Gasteiger partial charge in [-0.1, -0.05) is 18.9 Å². The zero-order chi connectivity index (χ0) is 15.1. The molecule has 0 heterocycles. The van der Waals surface area contributed by atoms with E-state index >= 15 is 0 Å². The Morgan fingerprint density at radius 2 is 1.62 bits per heavy atom. The van der Waals surface area contributed by atoms with Gasteiger partial charge in [0.05, 0.1) is 6.61 Å². The van der Waals surface area contributed by atoms with Crippen LogP contribution >= 0.6 is 0 Å². The van der Waals surface area contributed by atoms with E-state index in [2.05, 4.69) is 12.7 Å². The molecule has 2 nitrogen and oxygen atoms in total. The van der Waals surface area contributed by atoms with Crippen molar-refractivity contribution in [3.63, 3.8) is 0 Å². The number of hydrogen-bond donors (Lipinski definition) is 0. The molecular weight excluding hydrogens is 260 g/mol. The predicted molar refractivity (Wildman–Crippen MR) is 87.0 cm³/mol. The van der Waals surface area contributed by atoms with Crippen molar-refractivity contribution in [1.82, 2.24) is 0 Å². The van der Waals surface area contributed by atoms with E-state index in [1.165, 1.54) is 51.4 Å². The molecule has 2 rings (SSSR count). The molecule has 0 aromatic heterocycles. The Kier molecular flexibility index (Phi) is 6.79. The summed E-state index contributed by atoms with van der Waals surface area (Å²) < 4.78 is 5.02. The summed E-state index contributed by atoms with van der Waals surface area (Å²) in [6.45, 7) is 6.33. The maximum atomic E-state index is 11.4. The Morgan fingerprint density at radius 3 is 2.14 bits per heavy atom. The van der Waals surface area contributed by atoms with Crippen LogP contribution in [0.1, 0.15) is 71.1 Å². The van der Waals surface area contributed by atoms with E-state index in [1.54, 1.807) is 0 Å². The molecule has 0 unspecified atom stereocenters. The summed E-state index contributed by atoms with van der Waals surface area (Å²) in [4.78, 5) is 11.4. The van der Waals surface area contributed by atoms with Crippen LogP contribution in [0.2, 0.25) is 0 Å². The van der Waals surface area contributed by atoms with E-state index in [4.69, 9.17) is 4.74 Å². The van der Waals surface area contributed by atoms with Crippen molar-refractivity contribution >= 4 is 5.97 Å². The summed E-state index contributed by atoms with van der Waals surface area (Å²) in [6, 6.07) is 0. The fourth-order valence-corrected chi connectivity index (χ4v) is 4.36. The molecule has 0 N–H and O–H groups in total. The van der Waals surface area contributed by atoms with Gasteiger partial charge in [0.2, 0.25) is 0 Å². The van der Waals surface area contributed by atoms with E-state index in [1.807, 2.05) is 6.92 Å². The molecule has 0 aliphatic heterocycles. The van der Waals surface area contributed by atoms with Crippen molar-refractivity contribution < 1.29 is 9.53 Å². The minimum atomic E-state index is -0.0117. The normalized spacial score (nSPS) is 33.4. The van der Waals surface area contributed by atoms with E-state index < -0.39 is 0 Å². The van der Waals surface area contributed by atoms with Gasteiger partial charge < -0.3 is 4.74 Å². The molecular formula is C19H32O2. The Bertz CT molecular complexity index is 320. The minimum Gasteiger partial charge on any atom is -0.466 e. The van der Waals surface area contributed by atoms with Crippen molar-refractivity contribution in [2.24, 2.45) is 23.7 Å². The number of carbonyl (C=O) groups is 1. The first-order chi connectivity index (χ1) is 10.2. The molecule has 0 aromatic rings. The fraction of sp³-hybridized carbons (Fsp3) is 0.842. The molecule has 0 radical (unpaired) electrons. The third-order valence-electron chi connectivity index (χ3n) is 5.77. The summed E-state index contributed by atoms with van der Waals surface area (Å²) in [6.07, 6.45) is 14.8. The first-order valence-electron chi connectivity index (χ1n) is 9.01. The number of ether oxygens (including phenoxy) is 1. The maximum Gasteiger partial charge on any atom is 0.305 e. The van der Waals surface area contributed by atoms with Gasteiger partial charge in [0, 0.05) is 6.42 Å². The van der Waals surface area contributed by atoms with Crippen molar-refractivity contribution in [3.05, 3.63) is 12.7 Å². The Balaban J connectivity index is 1.64. The molecule has 120 valence electrons. The van der Waals surface area contributed by atoms with Gasteiger partial charge in [-0.25, -0.2) is 0 Å². The van der Waals surface area contributed by atoms with Crippen LogP contribution < -0.4 is 0 Å². The van der Waals surface area contributed by atoms with Crippen LogP contribution in [0.3, 0.4) is 0 Å². The summed E-state index contributed by atoms with van der Waals surface area (Å²) in [5, 5.41) is 0. The van der Waals surface area contributed by atoms with Crippen LogP contribution in [0.5, 0.6) is 0 Å². The monoisotopic (exact) mass is 292 g/mol. The molecule has 2 aliphatic rings. The SMILES string of the molecule is C=CC1CCC(C2CCC(CCC(=O)OCC)CC2)CC1. The largest absolute Gasteiger partial charge is 0.466 e. The minimum absolute atomic E-state index is 0.0117. The zero-order valence-corrected chi connectivity index (χ0v) is 13.7. The lowest BCUT2D eigenvalue weighted by atomic mass is 9.69. The number of carbonyl (C=O) groups excluding carboxylic acids is 1. The highest BCUT2D eigenvalue weighted by molar-refractivity contribution is 5.69. The molecule has 2 heteroatoms.